The van der Waals surface area contributed by atoms with Gasteiger partial charge in [0.25, 0.3) is 5.91 Å². The highest BCUT2D eigenvalue weighted by molar-refractivity contribution is 6.42. The van der Waals surface area contributed by atoms with Crippen molar-refractivity contribution < 1.29 is 9.59 Å². The maximum absolute atomic E-state index is 13.4. The SMILES string of the molecule is CC1CCN(CC2CCCN(C(=O)C3CCCN(C(=O)c4ccc(Cl)c(Cl)c4)C3)C2)CC1. The van der Waals surface area contributed by atoms with Gasteiger partial charge in [-0.3, -0.25) is 9.59 Å². The number of hydrogen-bond acceptors (Lipinski definition) is 3. The molecule has 1 aromatic rings. The number of piperidine rings is 3. The molecule has 3 aliphatic heterocycles. The summed E-state index contributed by atoms with van der Waals surface area (Å²) in [5.74, 6) is 1.46. The lowest BCUT2D eigenvalue weighted by molar-refractivity contribution is -0.139. The van der Waals surface area contributed by atoms with Crippen LogP contribution in [0.4, 0.5) is 0 Å². The van der Waals surface area contributed by atoms with Gasteiger partial charge in [0.2, 0.25) is 5.91 Å². The highest BCUT2D eigenvalue weighted by atomic mass is 35.5. The molecule has 3 fully saturated rings. The van der Waals surface area contributed by atoms with Gasteiger partial charge in [0, 0.05) is 38.3 Å². The van der Waals surface area contributed by atoms with Crippen LogP contribution < -0.4 is 0 Å². The quantitative estimate of drug-likeness (QED) is 0.621. The van der Waals surface area contributed by atoms with E-state index in [-0.39, 0.29) is 17.7 Å². The molecule has 0 spiro atoms. The summed E-state index contributed by atoms with van der Waals surface area (Å²) in [7, 11) is 0. The molecule has 0 aromatic heterocycles. The zero-order valence-corrected chi connectivity index (χ0v) is 20.6. The van der Waals surface area contributed by atoms with Gasteiger partial charge in [-0.25, -0.2) is 0 Å². The standard InChI is InChI=1S/C25H35Cl2N3O2/c1-18-8-12-28(13-9-18)15-19-4-2-10-29(16-19)25(32)21-5-3-11-30(17-21)24(31)20-6-7-22(26)23(27)14-20/h6-7,14,18-19,21H,2-5,8-13,15-17H2,1H3. The molecule has 3 heterocycles. The summed E-state index contributed by atoms with van der Waals surface area (Å²) in [5, 5.41) is 0.818. The third-order valence-electron chi connectivity index (χ3n) is 7.45. The minimum atomic E-state index is -0.106. The third-order valence-corrected chi connectivity index (χ3v) is 8.19. The lowest BCUT2D eigenvalue weighted by Gasteiger charge is -2.40. The molecule has 0 radical (unpaired) electrons. The van der Waals surface area contributed by atoms with Gasteiger partial charge in [0.05, 0.1) is 16.0 Å². The second-order valence-electron chi connectivity index (χ2n) is 9.99. The highest BCUT2D eigenvalue weighted by Crippen LogP contribution is 2.27. The van der Waals surface area contributed by atoms with Gasteiger partial charge in [-0.2, -0.15) is 0 Å². The number of carbonyl (C=O) groups excluding carboxylic acids is 2. The molecule has 0 aliphatic carbocycles. The van der Waals surface area contributed by atoms with Crippen LogP contribution in [0.15, 0.2) is 18.2 Å². The van der Waals surface area contributed by atoms with E-state index in [1.54, 1.807) is 18.2 Å². The van der Waals surface area contributed by atoms with Crippen molar-refractivity contribution in [1.29, 1.82) is 0 Å². The van der Waals surface area contributed by atoms with Crippen molar-refractivity contribution in [3.8, 4) is 0 Å². The van der Waals surface area contributed by atoms with Crippen molar-refractivity contribution in [2.75, 3.05) is 45.8 Å². The summed E-state index contributed by atoms with van der Waals surface area (Å²) < 4.78 is 0. The van der Waals surface area contributed by atoms with E-state index < -0.39 is 0 Å². The van der Waals surface area contributed by atoms with Crippen molar-refractivity contribution in [3.05, 3.63) is 33.8 Å². The minimum Gasteiger partial charge on any atom is -0.342 e. The van der Waals surface area contributed by atoms with E-state index in [1.165, 1.54) is 32.4 Å². The fourth-order valence-corrected chi connectivity index (χ4v) is 5.76. The molecular weight excluding hydrogens is 445 g/mol. The Hall–Kier alpha value is -1.30. The summed E-state index contributed by atoms with van der Waals surface area (Å²) in [5.41, 5.74) is 0.529. The number of halogens is 2. The third kappa shape index (κ3) is 5.78. The van der Waals surface area contributed by atoms with E-state index in [4.69, 9.17) is 23.2 Å². The fraction of sp³-hybridized carbons (Fsp3) is 0.680. The van der Waals surface area contributed by atoms with E-state index in [2.05, 4.69) is 16.7 Å². The summed E-state index contributed by atoms with van der Waals surface area (Å²) in [4.78, 5) is 32.9. The second-order valence-corrected chi connectivity index (χ2v) is 10.8. The largest absolute Gasteiger partial charge is 0.342 e. The normalized spacial score (nSPS) is 25.7. The first-order chi connectivity index (χ1) is 15.4. The van der Waals surface area contributed by atoms with Crippen molar-refractivity contribution in [2.24, 2.45) is 17.8 Å². The molecule has 4 rings (SSSR count). The van der Waals surface area contributed by atoms with Crippen LogP contribution in [0, 0.1) is 17.8 Å². The number of benzene rings is 1. The number of carbonyl (C=O) groups is 2. The molecule has 2 unspecified atom stereocenters. The van der Waals surface area contributed by atoms with E-state index in [0.717, 1.165) is 44.8 Å². The molecule has 0 bridgehead atoms. The Balaban J connectivity index is 1.33. The molecular formula is C25H35Cl2N3O2. The average molecular weight is 480 g/mol. The van der Waals surface area contributed by atoms with Crippen LogP contribution in [0.5, 0.6) is 0 Å². The first-order valence-corrected chi connectivity index (χ1v) is 12.9. The van der Waals surface area contributed by atoms with Gasteiger partial charge in [-0.05, 0) is 81.6 Å². The Morgan fingerprint density at radius 1 is 0.906 bits per heavy atom. The Bertz CT molecular complexity index is 825. The first-order valence-electron chi connectivity index (χ1n) is 12.2. The van der Waals surface area contributed by atoms with Gasteiger partial charge in [-0.1, -0.05) is 30.1 Å². The molecule has 0 N–H and O–H groups in total. The number of amides is 2. The van der Waals surface area contributed by atoms with Gasteiger partial charge in [0.1, 0.15) is 0 Å². The van der Waals surface area contributed by atoms with E-state index in [1.807, 2.05) is 4.90 Å². The number of nitrogens with zero attached hydrogens (tertiary/aromatic N) is 3. The van der Waals surface area contributed by atoms with Crippen LogP contribution in [0.25, 0.3) is 0 Å². The lowest BCUT2D eigenvalue weighted by atomic mass is 9.91. The maximum Gasteiger partial charge on any atom is 0.253 e. The Kier molecular flexibility index (Phi) is 8.01. The summed E-state index contributed by atoms with van der Waals surface area (Å²) in [6.07, 6.45) is 6.59. The monoisotopic (exact) mass is 479 g/mol. The number of likely N-dealkylation sites (tertiary alicyclic amines) is 3. The number of hydrogen-bond donors (Lipinski definition) is 0. The van der Waals surface area contributed by atoms with Crippen LogP contribution in [0.3, 0.4) is 0 Å². The molecule has 5 nitrogen and oxygen atoms in total. The molecule has 176 valence electrons. The van der Waals surface area contributed by atoms with Gasteiger partial charge < -0.3 is 14.7 Å². The zero-order chi connectivity index (χ0) is 22.7. The minimum absolute atomic E-state index is 0.0723. The summed E-state index contributed by atoms with van der Waals surface area (Å²) in [6.45, 7) is 8.73. The topological polar surface area (TPSA) is 43.9 Å². The van der Waals surface area contributed by atoms with Gasteiger partial charge in [-0.15, -0.1) is 0 Å². The van der Waals surface area contributed by atoms with E-state index in [9.17, 15) is 9.59 Å². The molecule has 32 heavy (non-hydrogen) atoms. The van der Waals surface area contributed by atoms with Crippen LogP contribution in [-0.4, -0.2) is 72.3 Å². The first kappa shape index (κ1) is 23.8. The summed E-state index contributed by atoms with van der Waals surface area (Å²) >= 11 is 12.1. The van der Waals surface area contributed by atoms with Crippen LogP contribution >= 0.6 is 23.2 Å². The van der Waals surface area contributed by atoms with Crippen molar-refractivity contribution in [2.45, 2.75) is 45.4 Å². The Morgan fingerprint density at radius 2 is 1.62 bits per heavy atom. The van der Waals surface area contributed by atoms with Crippen LogP contribution in [-0.2, 0) is 4.79 Å². The van der Waals surface area contributed by atoms with Crippen LogP contribution in [0.1, 0.15) is 55.8 Å². The maximum atomic E-state index is 13.4. The summed E-state index contributed by atoms with van der Waals surface area (Å²) in [6, 6.07) is 4.98. The number of rotatable bonds is 4. The van der Waals surface area contributed by atoms with Gasteiger partial charge in [0.15, 0.2) is 0 Å². The molecule has 2 amide bonds. The van der Waals surface area contributed by atoms with Crippen LogP contribution in [0.2, 0.25) is 10.0 Å². The van der Waals surface area contributed by atoms with Crippen molar-refractivity contribution in [1.82, 2.24) is 14.7 Å². The molecule has 7 heteroatoms. The van der Waals surface area contributed by atoms with E-state index >= 15 is 0 Å². The fourth-order valence-electron chi connectivity index (χ4n) is 5.46. The molecule has 0 saturated carbocycles. The predicted octanol–water partition coefficient (Wildman–Crippen LogP) is 4.82. The Labute approximate surface area is 202 Å². The van der Waals surface area contributed by atoms with Gasteiger partial charge >= 0.3 is 0 Å². The predicted molar refractivity (Wildman–Crippen MR) is 129 cm³/mol. The van der Waals surface area contributed by atoms with Crippen molar-refractivity contribution in [3.63, 3.8) is 0 Å². The Morgan fingerprint density at radius 3 is 2.38 bits per heavy atom. The van der Waals surface area contributed by atoms with E-state index in [0.29, 0.717) is 34.6 Å². The average Bonchev–Trinajstić information content (AvgIpc) is 2.81. The molecule has 3 aliphatic rings. The molecule has 3 saturated heterocycles. The smallest absolute Gasteiger partial charge is 0.253 e. The molecule has 2 atom stereocenters. The zero-order valence-electron chi connectivity index (χ0n) is 19.1. The van der Waals surface area contributed by atoms with Crippen molar-refractivity contribution >= 4 is 35.0 Å². The lowest BCUT2D eigenvalue weighted by Crippen LogP contribution is -2.50. The molecule has 1 aromatic carbocycles. The highest BCUT2D eigenvalue weighted by Gasteiger charge is 2.34. The second kappa shape index (κ2) is 10.8.